The molecule has 132 valence electrons. The van der Waals surface area contributed by atoms with Gasteiger partial charge in [0.15, 0.2) is 0 Å². The first-order valence-electron chi connectivity index (χ1n) is 9.17. The minimum atomic E-state index is 0.892. The summed E-state index contributed by atoms with van der Waals surface area (Å²) in [5.74, 6) is 0.892. The van der Waals surface area contributed by atoms with Gasteiger partial charge in [0, 0.05) is 34.1 Å². The Bertz CT molecular complexity index is 1460. The van der Waals surface area contributed by atoms with E-state index in [0.29, 0.717) is 0 Å². The summed E-state index contributed by atoms with van der Waals surface area (Å²) < 4.78 is 7.86. The Hall–Kier alpha value is -3.92. The molecule has 4 nitrogen and oxygen atoms in total. The van der Waals surface area contributed by atoms with Crippen LogP contribution in [0.1, 0.15) is 0 Å². The predicted molar refractivity (Wildman–Crippen MR) is 112 cm³/mol. The molecule has 0 saturated heterocycles. The van der Waals surface area contributed by atoms with E-state index in [-0.39, 0.29) is 0 Å². The fourth-order valence-corrected chi connectivity index (χ4v) is 3.90. The minimum absolute atomic E-state index is 0.892. The molecule has 6 aromatic rings. The Morgan fingerprint density at radius 2 is 1.64 bits per heavy atom. The van der Waals surface area contributed by atoms with Gasteiger partial charge in [-0.05, 0) is 48.5 Å². The third kappa shape index (κ3) is 2.18. The Balaban J connectivity index is 1.69. The topological polar surface area (TPSA) is 43.9 Å². The van der Waals surface area contributed by atoms with Crippen LogP contribution in [0.25, 0.3) is 49.9 Å². The molecule has 0 saturated carbocycles. The zero-order chi connectivity index (χ0) is 18.5. The van der Waals surface area contributed by atoms with Crippen molar-refractivity contribution in [3.63, 3.8) is 0 Å². The van der Waals surface area contributed by atoms with Crippen LogP contribution in [-0.2, 0) is 0 Å². The number of nitrogens with zero attached hydrogens (tertiary/aromatic N) is 3. The average molecular weight is 361 g/mol. The molecule has 6 rings (SSSR count). The summed E-state index contributed by atoms with van der Waals surface area (Å²) in [6.07, 6.45) is 5.32. The fraction of sp³-hybridized carbons (Fsp3) is 0. The van der Waals surface area contributed by atoms with Gasteiger partial charge in [-0.2, -0.15) is 0 Å². The zero-order valence-electron chi connectivity index (χ0n) is 14.9. The van der Waals surface area contributed by atoms with E-state index in [1.807, 2.05) is 24.3 Å². The van der Waals surface area contributed by atoms with Crippen molar-refractivity contribution in [2.75, 3.05) is 0 Å². The lowest BCUT2D eigenvalue weighted by atomic mass is 10.1. The first-order chi connectivity index (χ1) is 13.9. The highest BCUT2D eigenvalue weighted by molar-refractivity contribution is 6.12. The number of furan rings is 1. The highest BCUT2D eigenvalue weighted by Crippen LogP contribution is 2.34. The second-order valence-corrected chi connectivity index (χ2v) is 6.80. The van der Waals surface area contributed by atoms with Crippen molar-refractivity contribution in [2.24, 2.45) is 0 Å². The first-order valence-corrected chi connectivity index (χ1v) is 9.17. The summed E-state index contributed by atoms with van der Waals surface area (Å²) in [5.41, 5.74) is 5.12. The molecule has 0 unspecified atom stereocenters. The third-order valence-electron chi connectivity index (χ3n) is 5.19. The molecule has 4 aromatic heterocycles. The molecule has 4 heterocycles. The SMILES string of the molecule is c1cc(-c2ccncc2)nc(-n2c3ccccc3c3cc4occc4cc32)c1. The molecule has 0 aliphatic carbocycles. The molecule has 0 bridgehead atoms. The van der Waals surface area contributed by atoms with Crippen LogP contribution in [0, 0.1) is 0 Å². The van der Waals surface area contributed by atoms with Gasteiger partial charge in [-0.15, -0.1) is 0 Å². The molecular formula is C24H15N3O. The minimum Gasteiger partial charge on any atom is -0.464 e. The number of hydrogen-bond donors (Lipinski definition) is 0. The Kier molecular flexibility index (Phi) is 3.14. The van der Waals surface area contributed by atoms with E-state index in [9.17, 15) is 0 Å². The zero-order valence-corrected chi connectivity index (χ0v) is 14.9. The van der Waals surface area contributed by atoms with Crippen molar-refractivity contribution < 1.29 is 4.42 Å². The molecule has 0 amide bonds. The van der Waals surface area contributed by atoms with E-state index in [0.717, 1.165) is 44.5 Å². The van der Waals surface area contributed by atoms with Crippen LogP contribution in [0.2, 0.25) is 0 Å². The largest absolute Gasteiger partial charge is 0.464 e. The average Bonchev–Trinajstić information content (AvgIpc) is 3.34. The van der Waals surface area contributed by atoms with Crippen molar-refractivity contribution in [2.45, 2.75) is 0 Å². The Labute approximate surface area is 160 Å². The van der Waals surface area contributed by atoms with Crippen molar-refractivity contribution >= 4 is 32.8 Å². The number of rotatable bonds is 2. The molecular weight excluding hydrogens is 346 g/mol. The standard InChI is InChI=1S/C24H15N3O/c1-2-6-21-18(4-1)19-15-23-17(10-13-28-23)14-22(19)27(21)24-7-3-5-20(26-24)16-8-11-25-12-9-16/h1-15H. The summed E-state index contributed by atoms with van der Waals surface area (Å²) in [6.45, 7) is 0. The second kappa shape index (κ2) is 5.79. The maximum Gasteiger partial charge on any atom is 0.138 e. The number of para-hydroxylation sites is 1. The summed E-state index contributed by atoms with van der Waals surface area (Å²) in [6, 6.07) is 24.8. The second-order valence-electron chi connectivity index (χ2n) is 6.80. The van der Waals surface area contributed by atoms with Gasteiger partial charge in [0.2, 0.25) is 0 Å². The van der Waals surface area contributed by atoms with Crippen LogP contribution >= 0.6 is 0 Å². The van der Waals surface area contributed by atoms with Gasteiger partial charge >= 0.3 is 0 Å². The summed E-state index contributed by atoms with van der Waals surface area (Å²) >= 11 is 0. The summed E-state index contributed by atoms with van der Waals surface area (Å²) in [5, 5.41) is 3.43. The van der Waals surface area contributed by atoms with Crippen molar-refractivity contribution in [1.82, 2.24) is 14.5 Å². The molecule has 0 fully saturated rings. The quantitative estimate of drug-likeness (QED) is 0.381. The van der Waals surface area contributed by atoms with Crippen LogP contribution in [0.3, 0.4) is 0 Å². The van der Waals surface area contributed by atoms with Crippen LogP contribution in [0.4, 0.5) is 0 Å². The number of pyridine rings is 2. The van der Waals surface area contributed by atoms with Gasteiger partial charge < -0.3 is 4.42 Å². The number of hydrogen-bond acceptors (Lipinski definition) is 3. The van der Waals surface area contributed by atoms with Crippen LogP contribution in [-0.4, -0.2) is 14.5 Å². The Morgan fingerprint density at radius 1 is 0.750 bits per heavy atom. The van der Waals surface area contributed by atoms with Gasteiger partial charge in [0.05, 0.1) is 23.0 Å². The lowest BCUT2D eigenvalue weighted by molar-refractivity contribution is 0.616. The molecule has 4 heteroatoms. The molecule has 0 atom stereocenters. The van der Waals surface area contributed by atoms with Gasteiger partial charge in [-0.1, -0.05) is 24.3 Å². The highest BCUT2D eigenvalue weighted by Gasteiger charge is 2.15. The molecule has 2 aromatic carbocycles. The van der Waals surface area contributed by atoms with E-state index >= 15 is 0 Å². The van der Waals surface area contributed by atoms with E-state index in [2.05, 4.69) is 58.1 Å². The van der Waals surface area contributed by atoms with E-state index < -0.39 is 0 Å². The molecule has 0 aliphatic rings. The maximum absolute atomic E-state index is 5.64. The van der Waals surface area contributed by atoms with Crippen molar-refractivity contribution in [1.29, 1.82) is 0 Å². The van der Waals surface area contributed by atoms with Gasteiger partial charge in [-0.3, -0.25) is 9.55 Å². The highest BCUT2D eigenvalue weighted by atomic mass is 16.3. The van der Waals surface area contributed by atoms with Crippen LogP contribution < -0.4 is 0 Å². The van der Waals surface area contributed by atoms with Gasteiger partial charge in [-0.25, -0.2) is 4.98 Å². The summed E-state index contributed by atoms with van der Waals surface area (Å²) in [4.78, 5) is 9.07. The number of benzene rings is 2. The van der Waals surface area contributed by atoms with Crippen LogP contribution in [0.5, 0.6) is 0 Å². The lowest BCUT2D eigenvalue weighted by Crippen LogP contribution is -1.98. The van der Waals surface area contributed by atoms with Crippen molar-refractivity contribution in [3.05, 3.63) is 91.5 Å². The Morgan fingerprint density at radius 3 is 2.57 bits per heavy atom. The van der Waals surface area contributed by atoms with Gasteiger partial charge in [0.1, 0.15) is 11.4 Å². The van der Waals surface area contributed by atoms with Crippen molar-refractivity contribution in [3.8, 4) is 17.1 Å². The third-order valence-corrected chi connectivity index (χ3v) is 5.19. The smallest absolute Gasteiger partial charge is 0.138 e. The number of fused-ring (bicyclic) bond motifs is 4. The van der Waals surface area contributed by atoms with E-state index in [1.165, 1.54) is 5.39 Å². The van der Waals surface area contributed by atoms with Crippen LogP contribution in [0.15, 0.2) is 95.9 Å². The van der Waals surface area contributed by atoms with E-state index in [4.69, 9.17) is 9.40 Å². The molecule has 0 N–H and O–H groups in total. The van der Waals surface area contributed by atoms with E-state index in [1.54, 1.807) is 18.7 Å². The number of aromatic nitrogens is 3. The molecule has 0 spiro atoms. The lowest BCUT2D eigenvalue weighted by Gasteiger charge is -2.09. The summed E-state index contributed by atoms with van der Waals surface area (Å²) in [7, 11) is 0. The molecule has 0 radical (unpaired) electrons. The monoisotopic (exact) mass is 361 g/mol. The normalized spacial score (nSPS) is 11.6. The molecule has 0 aliphatic heterocycles. The predicted octanol–water partition coefficient (Wildman–Crippen LogP) is 5.99. The fourth-order valence-electron chi connectivity index (χ4n) is 3.90. The first kappa shape index (κ1) is 15.2. The molecule has 28 heavy (non-hydrogen) atoms. The van der Waals surface area contributed by atoms with Gasteiger partial charge in [0.25, 0.3) is 0 Å². The maximum atomic E-state index is 5.64.